The predicted molar refractivity (Wildman–Crippen MR) is 62.0 cm³/mol. The fourth-order valence-corrected chi connectivity index (χ4v) is 2.05. The number of rotatable bonds is 3. The van der Waals surface area contributed by atoms with E-state index in [4.69, 9.17) is 10.5 Å². The highest BCUT2D eigenvalue weighted by molar-refractivity contribution is 5.53. The lowest BCUT2D eigenvalue weighted by atomic mass is 10.1. The normalized spacial score (nSPS) is 20.5. The summed E-state index contributed by atoms with van der Waals surface area (Å²) in [6, 6.07) is 8.80. The third-order valence-electron chi connectivity index (χ3n) is 3.04. The van der Waals surface area contributed by atoms with Crippen molar-refractivity contribution in [2.45, 2.75) is 19.0 Å². The van der Waals surface area contributed by atoms with Crippen molar-refractivity contribution in [1.82, 2.24) is 0 Å². The minimum absolute atomic E-state index is 0.498. The number of benzene rings is 1. The summed E-state index contributed by atoms with van der Waals surface area (Å²) in [5.41, 5.74) is 8.16. The molecule has 1 aliphatic rings. The number of nitrogens with two attached hydrogens (primary N) is 1. The number of para-hydroxylation sites is 1. The second-order valence-electron chi connectivity index (χ2n) is 3.96. The van der Waals surface area contributed by atoms with E-state index in [1.807, 2.05) is 6.07 Å². The van der Waals surface area contributed by atoms with Crippen molar-refractivity contribution in [1.29, 1.82) is 0 Å². The summed E-state index contributed by atoms with van der Waals surface area (Å²) in [4.78, 5) is 2.29. The molecule has 0 spiro atoms. The highest BCUT2D eigenvalue weighted by atomic mass is 16.5. The van der Waals surface area contributed by atoms with E-state index in [9.17, 15) is 0 Å². The Morgan fingerprint density at radius 3 is 2.93 bits per heavy atom. The van der Waals surface area contributed by atoms with Gasteiger partial charge in [0.15, 0.2) is 0 Å². The smallest absolute Gasteiger partial charge is 0.0670 e. The second-order valence-corrected chi connectivity index (χ2v) is 3.96. The van der Waals surface area contributed by atoms with Gasteiger partial charge in [-0.05, 0) is 18.1 Å². The first-order chi connectivity index (χ1) is 7.33. The predicted octanol–water partition coefficient (Wildman–Crippen LogP) is 1.37. The van der Waals surface area contributed by atoms with E-state index in [1.54, 1.807) is 0 Å². The van der Waals surface area contributed by atoms with Crippen LogP contribution in [-0.4, -0.2) is 26.3 Å². The molecular weight excluding hydrogens is 188 g/mol. The zero-order valence-electron chi connectivity index (χ0n) is 9.15. The average molecular weight is 206 g/mol. The Morgan fingerprint density at radius 1 is 1.47 bits per heavy atom. The van der Waals surface area contributed by atoms with E-state index < -0.39 is 0 Å². The first kappa shape index (κ1) is 10.5. The fraction of sp³-hybridized carbons (Fsp3) is 0.500. The molecule has 1 aromatic carbocycles. The maximum atomic E-state index is 5.73. The molecule has 2 rings (SSSR count). The van der Waals surface area contributed by atoms with Gasteiger partial charge in [0.05, 0.1) is 12.6 Å². The van der Waals surface area contributed by atoms with Crippen LogP contribution in [0.15, 0.2) is 24.3 Å². The molecule has 15 heavy (non-hydrogen) atoms. The van der Waals surface area contributed by atoms with Crippen LogP contribution in [0.1, 0.15) is 12.0 Å². The zero-order valence-corrected chi connectivity index (χ0v) is 9.15. The molecule has 1 unspecified atom stereocenters. The summed E-state index contributed by atoms with van der Waals surface area (Å²) in [5, 5.41) is 0. The van der Waals surface area contributed by atoms with E-state index >= 15 is 0 Å². The number of hydrogen-bond donors (Lipinski definition) is 1. The van der Waals surface area contributed by atoms with Gasteiger partial charge in [0.2, 0.25) is 0 Å². The van der Waals surface area contributed by atoms with Gasteiger partial charge in [-0.1, -0.05) is 18.2 Å². The highest BCUT2D eigenvalue weighted by Gasteiger charge is 2.21. The summed E-state index contributed by atoms with van der Waals surface area (Å²) in [5.74, 6) is 0. The summed E-state index contributed by atoms with van der Waals surface area (Å²) in [6.07, 6.45) is 1.11. The fourth-order valence-electron chi connectivity index (χ4n) is 2.05. The van der Waals surface area contributed by atoms with E-state index in [2.05, 4.69) is 30.1 Å². The lowest BCUT2D eigenvalue weighted by Gasteiger charge is -2.27. The molecule has 0 amide bonds. The molecule has 0 aromatic heterocycles. The maximum Gasteiger partial charge on any atom is 0.0670 e. The second kappa shape index (κ2) is 4.64. The molecule has 3 heteroatoms. The summed E-state index contributed by atoms with van der Waals surface area (Å²) < 4.78 is 5.40. The number of hydrogen-bond acceptors (Lipinski definition) is 3. The van der Waals surface area contributed by atoms with E-state index in [0.29, 0.717) is 12.6 Å². The molecule has 1 atom stereocenters. The van der Waals surface area contributed by atoms with Crippen LogP contribution < -0.4 is 10.6 Å². The van der Waals surface area contributed by atoms with Crippen molar-refractivity contribution in [3.63, 3.8) is 0 Å². The summed E-state index contributed by atoms with van der Waals surface area (Å²) >= 11 is 0. The number of likely N-dealkylation sites (N-methyl/N-ethyl adjacent to an activating group) is 1. The molecule has 0 saturated carbocycles. The molecule has 1 aromatic rings. The van der Waals surface area contributed by atoms with Gasteiger partial charge in [-0.3, -0.25) is 0 Å². The van der Waals surface area contributed by atoms with Crippen LogP contribution >= 0.6 is 0 Å². The molecule has 82 valence electrons. The summed E-state index contributed by atoms with van der Waals surface area (Å²) in [6.45, 7) is 2.29. The van der Waals surface area contributed by atoms with Crippen LogP contribution in [0.25, 0.3) is 0 Å². The monoisotopic (exact) mass is 206 g/mol. The van der Waals surface area contributed by atoms with Gasteiger partial charge >= 0.3 is 0 Å². The topological polar surface area (TPSA) is 38.5 Å². The summed E-state index contributed by atoms with van der Waals surface area (Å²) in [7, 11) is 2.12. The molecule has 0 bridgehead atoms. The number of anilines is 1. The number of nitrogens with zero attached hydrogens (tertiary/aromatic N) is 1. The third kappa shape index (κ3) is 2.13. The molecule has 1 saturated heterocycles. The maximum absolute atomic E-state index is 5.73. The molecular formula is C12H18N2O. The average Bonchev–Trinajstić information content (AvgIpc) is 2.81. The van der Waals surface area contributed by atoms with Crippen LogP contribution in [0.4, 0.5) is 5.69 Å². The number of ether oxygens (including phenoxy) is 1. The molecule has 0 aliphatic carbocycles. The van der Waals surface area contributed by atoms with Crippen molar-refractivity contribution in [3.05, 3.63) is 29.8 Å². The quantitative estimate of drug-likeness (QED) is 0.811. The van der Waals surface area contributed by atoms with Crippen LogP contribution in [0.5, 0.6) is 0 Å². The minimum Gasteiger partial charge on any atom is -0.379 e. The standard InChI is InChI=1S/C12H18N2O/c1-14(11-6-7-15-9-11)12-5-3-2-4-10(12)8-13/h2-5,11H,6-9,13H2,1H3. The largest absolute Gasteiger partial charge is 0.379 e. The Kier molecular flexibility index (Phi) is 3.23. The van der Waals surface area contributed by atoms with Crippen molar-refractivity contribution in [3.8, 4) is 0 Å². The third-order valence-corrected chi connectivity index (χ3v) is 3.04. The van der Waals surface area contributed by atoms with Crippen molar-refractivity contribution >= 4 is 5.69 Å². The Labute approximate surface area is 90.8 Å². The minimum atomic E-state index is 0.498. The van der Waals surface area contributed by atoms with E-state index in [0.717, 1.165) is 19.6 Å². The molecule has 1 heterocycles. The highest BCUT2D eigenvalue weighted by Crippen LogP contribution is 2.23. The lowest BCUT2D eigenvalue weighted by Crippen LogP contribution is -2.32. The molecule has 1 fully saturated rings. The van der Waals surface area contributed by atoms with Gasteiger partial charge in [0, 0.05) is 25.9 Å². The van der Waals surface area contributed by atoms with Gasteiger partial charge < -0.3 is 15.4 Å². The molecule has 2 N–H and O–H groups in total. The van der Waals surface area contributed by atoms with Gasteiger partial charge in [-0.2, -0.15) is 0 Å². The van der Waals surface area contributed by atoms with E-state index in [1.165, 1.54) is 11.3 Å². The molecule has 3 nitrogen and oxygen atoms in total. The first-order valence-electron chi connectivity index (χ1n) is 5.41. The van der Waals surface area contributed by atoms with Gasteiger partial charge in [0.25, 0.3) is 0 Å². The zero-order chi connectivity index (χ0) is 10.7. The van der Waals surface area contributed by atoms with Gasteiger partial charge in [-0.15, -0.1) is 0 Å². The van der Waals surface area contributed by atoms with Crippen molar-refractivity contribution < 1.29 is 4.74 Å². The van der Waals surface area contributed by atoms with Gasteiger partial charge in [0.1, 0.15) is 0 Å². The Hall–Kier alpha value is -1.06. The van der Waals surface area contributed by atoms with E-state index in [-0.39, 0.29) is 0 Å². The molecule has 0 radical (unpaired) electrons. The van der Waals surface area contributed by atoms with Crippen molar-refractivity contribution in [2.75, 3.05) is 25.2 Å². The SMILES string of the molecule is CN(c1ccccc1CN)C1CCOC1. The van der Waals surface area contributed by atoms with Crippen LogP contribution in [0.3, 0.4) is 0 Å². The van der Waals surface area contributed by atoms with Crippen LogP contribution in [0.2, 0.25) is 0 Å². The van der Waals surface area contributed by atoms with Crippen LogP contribution in [0, 0.1) is 0 Å². The Balaban J connectivity index is 2.19. The van der Waals surface area contributed by atoms with Gasteiger partial charge in [-0.25, -0.2) is 0 Å². The van der Waals surface area contributed by atoms with Crippen molar-refractivity contribution in [2.24, 2.45) is 5.73 Å². The lowest BCUT2D eigenvalue weighted by molar-refractivity contribution is 0.193. The Bertz CT molecular complexity index is 321. The Morgan fingerprint density at radius 2 is 2.27 bits per heavy atom. The first-order valence-corrected chi connectivity index (χ1v) is 5.41. The molecule has 1 aliphatic heterocycles. The van der Waals surface area contributed by atoms with Crippen LogP contribution in [-0.2, 0) is 11.3 Å².